The fourth-order valence-electron chi connectivity index (χ4n) is 5.65. The van der Waals surface area contributed by atoms with Gasteiger partial charge in [0.1, 0.15) is 10.4 Å². The maximum Gasteiger partial charge on any atom is 0.420 e. The number of rotatable bonds is 6. The zero-order chi connectivity index (χ0) is 28.9. The highest BCUT2D eigenvalue weighted by atomic mass is 32.2. The molecular formula is C29H33F3N6OS2. The molecule has 1 amide bonds. The van der Waals surface area contributed by atoms with Crippen LogP contribution in [0, 0.1) is 0 Å². The van der Waals surface area contributed by atoms with E-state index < -0.39 is 11.7 Å². The molecule has 7 nitrogen and oxygen atoms in total. The molecule has 1 saturated heterocycles. The van der Waals surface area contributed by atoms with Gasteiger partial charge in [0.15, 0.2) is 0 Å². The van der Waals surface area contributed by atoms with E-state index in [-0.39, 0.29) is 23.6 Å². The Balaban J connectivity index is 1.32. The Labute approximate surface area is 245 Å². The summed E-state index contributed by atoms with van der Waals surface area (Å²) in [7, 11) is 0. The van der Waals surface area contributed by atoms with Crippen molar-refractivity contribution in [3.05, 3.63) is 46.5 Å². The van der Waals surface area contributed by atoms with Crippen molar-refractivity contribution in [2.75, 3.05) is 35.6 Å². The van der Waals surface area contributed by atoms with Gasteiger partial charge in [-0.2, -0.15) is 13.2 Å². The molecule has 41 heavy (non-hydrogen) atoms. The number of piperazine rings is 1. The molecule has 4 heterocycles. The first-order valence-electron chi connectivity index (χ1n) is 14.0. The summed E-state index contributed by atoms with van der Waals surface area (Å²) < 4.78 is 42.3. The van der Waals surface area contributed by atoms with Crippen molar-refractivity contribution < 1.29 is 18.0 Å². The number of carbonyl (C=O) groups excluding carboxylic acids is 1. The van der Waals surface area contributed by atoms with Gasteiger partial charge in [0.2, 0.25) is 5.95 Å². The number of halogens is 3. The number of alkyl halides is 3. The van der Waals surface area contributed by atoms with Crippen LogP contribution in [0.25, 0.3) is 10.6 Å². The van der Waals surface area contributed by atoms with Crippen molar-refractivity contribution in [2.45, 2.75) is 69.2 Å². The second-order valence-electron chi connectivity index (χ2n) is 11.0. The van der Waals surface area contributed by atoms with E-state index in [1.807, 2.05) is 24.0 Å². The molecule has 3 aromatic rings. The third kappa shape index (κ3) is 5.91. The molecule has 0 spiro atoms. The Morgan fingerprint density at radius 2 is 1.90 bits per heavy atom. The fraction of sp³-hybridized carbons (Fsp3) is 0.483. The van der Waals surface area contributed by atoms with Crippen molar-refractivity contribution >= 4 is 46.3 Å². The third-order valence-corrected chi connectivity index (χ3v) is 9.98. The van der Waals surface area contributed by atoms with Crippen LogP contribution in [-0.2, 0) is 12.6 Å². The van der Waals surface area contributed by atoms with Crippen molar-refractivity contribution in [1.82, 2.24) is 20.2 Å². The van der Waals surface area contributed by atoms with Crippen molar-refractivity contribution in [1.29, 1.82) is 0 Å². The van der Waals surface area contributed by atoms with Gasteiger partial charge in [0, 0.05) is 66.0 Å². The first-order chi connectivity index (χ1) is 19.6. The van der Waals surface area contributed by atoms with Gasteiger partial charge in [-0.1, -0.05) is 6.92 Å². The van der Waals surface area contributed by atoms with E-state index in [1.165, 1.54) is 11.8 Å². The number of carbonyl (C=O) groups is 1. The van der Waals surface area contributed by atoms with E-state index >= 15 is 0 Å². The normalized spacial score (nSPS) is 21.6. The number of thiophene rings is 1. The van der Waals surface area contributed by atoms with Crippen LogP contribution in [0.4, 0.5) is 30.5 Å². The van der Waals surface area contributed by atoms with Crippen LogP contribution >= 0.6 is 23.1 Å². The molecule has 3 aliphatic rings. The Bertz CT molecular complexity index is 1450. The molecule has 1 aromatic carbocycles. The predicted octanol–water partition coefficient (Wildman–Crippen LogP) is 6.43. The largest absolute Gasteiger partial charge is 0.420 e. The van der Waals surface area contributed by atoms with Gasteiger partial charge in [0.25, 0.3) is 5.91 Å². The van der Waals surface area contributed by atoms with Crippen molar-refractivity contribution in [3.8, 4) is 10.6 Å². The molecule has 1 saturated carbocycles. The van der Waals surface area contributed by atoms with Crippen LogP contribution in [-0.4, -0.2) is 64.3 Å². The molecule has 2 N–H and O–H groups in total. The number of anilines is 3. The summed E-state index contributed by atoms with van der Waals surface area (Å²) in [6, 6.07) is 8.78. The summed E-state index contributed by atoms with van der Waals surface area (Å²) in [5, 5.41) is 6.72. The van der Waals surface area contributed by atoms with Gasteiger partial charge in [-0.25, -0.2) is 9.97 Å². The summed E-state index contributed by atoms with van der Waals surface area (Å²) in [6.45, 7) is 8.84. The van der Waals surface area contributed by atoms with Gasteiger partial charge in [-0.05, 0) is 62.9 Å². The van der Waals surface area contributed by atoms with Gasteiger partial charge >= 0.3 is 6.18 Å². The third-order valence-electron chi connectivity index (χ3n) is 7.70. The van der Waals surface area contributed by atoms with Gasteiger partial charge in [0.05, 0.1) is 10.6 Å². The van der Waals surface area contributed by atoms with Crippen LogP contribution in [0.5, 0.6) is 0 Å². The lowest BCUT2D eigenvalue weighted by Gasteiger charge is -2.38. The Hall–Kier alpha value is -2.83. The van der Waals surface area contributed by atoms with E-state index in [2.05, 4.69) is 45.4 Å². The monoisotopic (exact) mass is 602 g/mol. The second-order valence-corrected chi connectivity index (χ2v) is 13.2. The van der Waals surface area contributed by atoms with Crippen LogP contribution in [0.15, 0.2) is 35.4 Å². The number of nitrogens with one attached hydrogen (secondary N) is 2. The molecule has 2 aromatic heterocycles. The molecule has 0 bridgehead atoms. The Morgan fingerprint density at radius 1 is 1.15 bits per heavy atom. The minimum Gasteiger partial charge on any atom is -0.368 e. The summed E-state index contributed by atoms with van der Waals surface area (Å²) in [5.74, 6) is 0.711. The zero-order valence-corrected chi connectivity index (χ0v) is 24.8. The number of nitrogens with zero attached hydrogens (tertiary/aromatic N) is 4. The fourth-order valence-corrected chi connectivity index (χ4v) is 7.97. The van der Waals surface area contributed by atoms with Crippen LogP contribution in [0.1, 0.15) is 54.4 Å². The van der Waals surface area contributed by atoms with Crippen molar-refractivity contribution in [3.63, 3.8) is 0 Å². The average molecular weight is 603 g/mol. The lowest BCUT2D eigenvalue weighted by molar-refractivity contribution is -0.137. The first kappa shape index (κ1) is 28.3. The van der Waals surface area contributed by atoms with Gasteiger partial charge < -0.3 is 20.4 Å². The first-order valence-corrected chi connectivity index (χ1v) is 15.8. The number of hydrogen-bond acceptors (Lipinski definition) is 8. The number of amides is 1. The Kier molecular flexibility index (Phi) is 7.67. The van der Waals surface area contributed by atoms with E-state index in [0.29, 0.717) is 28.4 Å². The summed E-state index contributed by atoms with van der Waals surface area (Å²) >= 11 is 2.60. The van der Waals surface area contributed by atoms with Gasteiger partial charge in [-0.15, -0.1) is 23.1 Å². The standard InChI is InChI=1S/C29H33F3N6OS2/c1-4-18-11-20(37-14-16(2)34-17(3)15-37)7-8-22(18)35-28-33-13-21(29(30,31)32)25(36-28)23-12-24-26(41-23)27(39)38(9-10-40-24)19-5-6-19/h7-8,11-13,16-17,19,34H,4-6,9-10,14-15H2,1-3H3,(H,33,35,36)/t16-,17+. The molecular weight excluding hydrogens is 569 g/mol. The summed E-state index contributed by atoms with van der Waals surface area (Å²) in [4.78, 5) is 27.4. The SMILES string of the molecule is CCc1cc(N2C[C@@H](C)N[C@@H](C)C2)ccc1Nc1ncc(C(F)(F)F)c(-c2cc3c(s2)C(=O)N(C2CC2)CCS3)n1. The van der Waals surface area contributed by atoms with E-state index in [9.17, 15) is 18.0 Å². The molecule has 218 valence electrons. The maximum absolute atomic E-state index is 14.1. The molecule has 2 aliphatic heterocycles. The minimum atomic E-state index is -4.64. The van der Waals surface area contributed by atoms with E-state index in [0.717, 1.165) is 77.5 Å². The average Bonchev–Trinajstić information content (AvgIpc) is 3.70. The number of aromatic nitrogens is 2. The predicted molar refractivity (Wildman–Crippen MR) is 159 cm³/mol. The molecule has 12 heteroatoms. The molecule has 0 radical (unpaired) electrons. The zero-order valence-electron chi connectivity index (χ0n) is 23.2. The highest BCUT2D eigenvalue weighted by Gasteiger charge is 2.39. The Morgan fingerprint density at radius 3 is 2.59 bits per heavy atom. The molecule has 2 fully saturated rings. The quantitative estimate of drug-likeness (QED) is 0.337. The summed E-state index contributed by atoms with van der Waals surface area (Å²) in [5.41, 5.74) is 1.77. The number of thioether (sulfide) groups is 1. The highest BCUT2D eigenvalue weighted by molar-refractivity contribution is 7.99. The molecule has 0 unspecified atom stereocenters. The smallest absolute Gasteiger partial charge is 0.368 e. The van der Waals surface area contributed by atoms with Gasteiger partial charge in [-0.3, -0.25) is 4.79 Å². The number of benzene rings is 1. The van der Waals surface area contributed by atoms with Crippen LogP contribution in [0.3, 0.4) is 0 Å². The molecule has 2 atom stereocenters. The second kappa shape index (κ2) is 11.1. The number of hydrogen-bond donors (Lipinski definition) is 2. The van der Waals surface area contributed by atoms with Crippen LogP contribution < -0.4 is 15.5 Å². The van der Waals surface area contributed by atoms with E-state index in [1.54, 1.807) is 6.07 Å². The maximum atomic E-state index is 14.1. The van der Waals surface area contributed by atoms with E-state index in [4.69, 9.17) is 0 Å². The lowest BCUT2D eigenvalue weighted by Crippen LogP contribution is -2.54. The topological polar surface area (TPSA) is 73.4 Å². The molecule has 6 rings (SSSR count). The minimum absolute atomic E-state index is 0.0852. The van der Waals surface area contributed by atoms with Crippen molar-refractivity contribution in [2.24, 2.45) is 0 Å². The number of aryl methyl sites for hydroxylation is 1. The van der Waals surface area contributed by atoms with Crippen LogP contribution in [0.2, 0.25) is 0 Å². The highest BCUT2D eigenvalue weighted by Crippen LogP contribution is 2.44. The lowest BCUT2D eigenvalue weighted by atomic mass is 10.1. The number of fused-ring (bicyclic) bond motifs is 1. The summed E-state index contributed by atoms with van der Waals surface area (Å²) in [6.07, 6.45) is -1.10. The molecule has 1 aliphatic carbocycles.